The number of carbonyl (C=O) groups is 1. The molecule has 1 aliphatic heterocycles. The Morgan fingerprint density at radius 3 is 2.87 bits per heavy atom. The number of nitrogens with one attached hydrogen (secondary N) is 1. The molecule has 0 aromatic rings. The number of likely N-dealkylation sites (N-methyl/N-ethyl adjacent to an activating group) is 1. The van der Waals surface area contributed by atoms with Gasteiger partial charge in [-0.05, 0) is 25.8 Å². The van der Waals surface area contributed by atoms with Crippen molar-refractivity contribution in [3.63, 3.8) is 0 Å². The molecule has 1 rings (SSSR count). The summed E-state index contributed by atoms with van der Waals surface area (Å²) in [5.41, 5.74) is -0.357. The lowest BCUT2D eigenvalue weighted by Crippen LogP contribution is -2.53. The quantitative estimate of drug-likeness (QED) is 0.748. The molecule has 1 atom stereocenters. The van der Waals surface area contributed by atoms with E-state index in [0.29, 0.717) is 13.0 Å². The Kier molecular flexibility index (Phi) is 4.10. The van der Waals surface area contributed by atoms with Crippen molar-refractivity contribution in [3.05, 3.63) is 0 Å². The van der Waals surface area contributed by atoms with E-state index >= 15 is 0 Å². The third-order valence-corrected chi connectivity index (χ3v) is 3.16. The second kappa shape index (κ2) is 5.13. The molecule has 0 spiro atoms. The van der Waals surface area contributed by atoms with Crippen molar-refractivity contribution < 1.29 is 4.79 Å². The standard InChI is InChI=1S/C11H19N3O/c1-3-11(6-4-8-13-11)10(15)14(2)9-5-7-12/h13H,3-6,8-9H2,1-2H3. The van der Waals surface area contributed by atoms with Gasteiger partial charge in [-0.25, -0.2) is 0 Å². The van der Waals surface area contributed by atoms with Gasteiger partial charge in [0.25, 0.3) is 0 Å². The minimum absolute atomic E-state index is 0.137. The fourth-order valence-corrected chi connectivity index (χ4v) is 2.13. The highest BCUT2D eigenvalue weighted by molar-refractivity contribution is 5.86. The molecule has 1 saturated heterocycles. The Bertz CT molecular complexity index is 263. The van der Waals surface area contributed by atoms with Crippen LogP contribution in [0.5, 0.6) is 0 Å². The first kappa shape index (κ1) is 12.0. The van der Waals surface area contributed by atoms with Crippen LogP contribution in [0.15, 0.2) is 0 Å². The van der Waals surface area contributed by atoms with Crippen LogP contribution < -0.4 is 5.32 Å². The summed E-state index contributed by atoms with van der Waals surface area (Å²) in [7, 11) is 1.77. The Balaban J connectivity index is 2.61. The van der Waals surface area contributed by atoms with Gasteiger partial charge in [-0.3, -0.25) is 4.79 Å². The monoisotopic (exact) mass is 209 g/mol. The van der Waals surface area contributed by atoms with Crippen LogP contribution in [0, 0.1) is 11.3 Å². The predicted molar refractivity (Wildman–Crippen MR) is 58.1 cm³/mol. The Morgan fingerprint density at radius 2 is 2.40 bits per heavy atom. The topological polar surface area (TPSA) is 56.1 Å². The van der Waals surface area contributed by atoms with E-state index in [1.165, 1.54) is 0 Å². The smallest absolute Gasteiger partial charge is 0.242 e. The summed E-state index contributed by atoms with van der Waals surface area (Å²) >= 11 is 0. The summed E-state index contributed by atoms with van der Waals surface area (Å²) in [5, 5.41) is 11.8. The Labute approximate surface area is 91.2 Å². The summed E-state index contributed by atoms with van der Waals surface area (Å²) in [4.78, 5) is 13.8. The zero-order valence-corrected chi connectivity index (χ0v) is 9.55. The van der Waals surface area contributed by atoms with Gasteiger partial charge in [-0.15, -0.1) is 0 Å². The largest absolute Gasteiger partial charge is 0.343 e. The zero-order valence-electron chi connectivity index (χ0n) is 9.55. The molecule has 0 saturated carbocycles. The summed E-state index contributed by atoms with van der Waals surface area (Å²) in [5.74, 6) is 0.137. The first-order chi connectivity index (χ1) is 7.16. The number of rotatable bonds is 4. The van der Waals surface area contributed by atoms with Crippen molar-refractivity contribution in [2.24, 2.45) is 0 Å². The molecule has 84 valence electrons. The van der Waals surface area contributed by atoms with E-state index < -0.39 is 0 Å². The van der Waals surface area contributed by atoms with Crippen LogP contribution in [-0.2, 0) is 4.79 Å². The highest BCUT2D eigenvalue weighted by Gasteiger charge is 2.40. The number of nitriles is 1. The molecule has 1 heterocycles. The van der Waals surface area contributed by atoms with Gasteiger partial charge < -0.3 is 10.2 Å². The van der Waals surface area contributed by atoms with Crippen LogP contribution in [0.25, 0.3) is 0 Å². The molecular formula is C11H19N3O. The lowest BCUT2D eigenvalue weighted by atomic mass is 9.92. The predicted octanol–water partition coefficient (Wildman–Crippen LogP) is 0.891. The molecule has 0 radical (unpaired) electrons. The van der Waals surface area contributed by atoms with E-state index in [-0.39, 0.29) is 11.4 Å². The minimum Gasteiger partial charge on any atom is -0.343 e. The van der Waals surface area contributed by atoms with Gasteiger partial charge in [0.05, 0.1) is 18.0 Å². The van der Waals surface area contributed by atoms with Gasteiger partial charge in [0, 0.05) is 13.6 Å². The fourth-order valence-electron chi connectivity index (χ4n) is 2.13. The molecule has 4 heteroatoms. The summed E-state index contributed by atoms with van der Waals surface area (Å²) in [6, 6.07) is 2.06. The number of amides is 1. The molecular weight excluding hydrogens is 190 g/mol. The molecule has 1 amide bonds. The van der Waals surface area contributed by atoms with Crippen molar-refractivity contribution in [2.45, 2.75) is 38.1 Å². The zero-order chi connectivity index (χ0) is 11.3. The van der Waals surface area contributed by atoms with E-state index in [4.69, 9.17) is 5.26 Å². The molecule has 1 aliphatic rings. The molecule has 0 aromatic carbocycles. The van der Waals surface area contributed by atoms with Crippen LogP contribution in [-0.4, -0.2) is 36.5 Å². The highest BCUT2D eigenvalue weighted by Crippen LogP contribution is 2.24. The average Bonchev–Trinajstić information content (AvgIpc) is 2.74. The van der Waals surface area contributed by atoms with Crippen molar-refractivity contribution in [3.8, 4) is 6.07 Å². The second-order valence-electron chi connectivity index (χ2n) is 4.10. The van der Waals surface area contributed by atoms with Crippen molar-refractivity contribution in [1.29, 1.82) is 5.26 Å². The van der Waals surface area contributed by atoms with E-state index in [1.54, 1.807) is 11.9 Å². The molecule has 4 nitrogen and oxygen atoms in total. The molecule has 0 aromatic heterocycles. The van der Waals surface area contributed by atoms with Crippen LogP contribution >= 0.6 is 0 Å². The molecule has 0 bridgehead atoms. The van der Waals surface area contributed by atoms with Crippen LogP contribution in [0.4, 0.5) is 0 Å². The molecule has 1 N–H and O–H groups in total. The lowest BCUT2D eigenvalue weighted by molar-refractivity contribution is -0.136. The van der Waals surface area contributed by atoms with E-state index in [9.17, 15) is 4.79 Å². The van der Waals surface area contributed by atoms with Crippen LogP contribution in [0.1, 0.15) is 32.6 Å². The number of hydrogen-bond donors (Lipinski definition) is 1. The molecule has 15 heavy (non-hydrogen) atoms. The lowest BCUT2D eigenvalue weighted by Gasteiger charge is -2.31. The first-order valence-corrected chi connectivity index (χ1v) is 5.54. The van der Waals surface area contributed by atoms with Gasteiger partial charge in [0.1, 0.15) is 0 Å². The number of nitrogens with zero attached hydrogens (tertiary/aromatic N) is 2. The van der Waals surface area contributed by atoms with Gasteiger partial charge in [-0.1, -0.05) is 6.92 Å². The van der Waals surface area contributed by atoms with Gasteiger partial charge in [0.15, 0.2) is 0 Å². The summed E-state index contributed by atoms with van der Waals surface area (Å²) in [6.07, 6.45) is 3.20. The summed E-state index contributed by atoms with van der Waals surface area (Å²) in [6.45, 7) is 3.48. The fraction of sp³-hybridized carbons (Fsp3) is 0.818. The second-order valence-corrected chi connectivity index (χ2v) is 4.10. The van der Waals surface area contributed by atoms with Crippen LogP contribution in [0.2, 0.25) is 0 Å². The molecule has 1 unspecified atom stereocenters. The number of carbonyl (C=O) groups excluding carboxylic acids is 1. The van der Waals surface area contributed by atoms with E-state index in [2.05, 4.69) is 11.4 Å². The van der Waals surface area contributed by atoms with Crippen molar-refractivity contribution >= 4 is 5.91 Å². The van der Waals surface area contributed by atoms with Crippen molar-refractivity contribution in [2.75, 3.05) is 20.1 Å². The van der Waals surface area contributed by atoms with E-state index in [0.717, 1.165) is 25.8 Å². The summed E-state index contributed by atoms with van der Waals surface area (Å²) < 4.78 is 0. The van der Waals surface area contributed by atoms with Gasteiger partial charge in [-0.2, -0.15) is 5.26 Å². The highest BCUT2D eigenvalue weighted by atomic mass is 16.2. The molecule has 0 aliphatic carbocycles. The average molecular weight is 209 g/mol. The normalized spacial score (nSPS) is 24.9. The third-order valence-electron chi connectivity index (χ3n) is 3.16. The maximum Gasteiger partial charge on any atom is 0.242 e. The first-order valence-electron chi connectivity index (χ1n) is 5.54. The Morgan fingerprint density at radius 1 is 1.67 bits per heavy atom. The number of hydrogen-bond acceptors (Lipinski definition) is 3. The van der Waals surface area contributed by atoms with Gasteiger partial charge in [0.2, 0.25) is 5.91 Å². The minimum atomic E-state index is -0.357. The van der Waals surface area contributed by atoms with Crippen molar-refractivity contribution in [1.82, 2.24) is 10.2 Å². The maximum atomic E-state index is 12.2. The van der Waals surface area contributed by atoms with Crippen LogP contribution in [0.3, 0.4) is 0 Å². The third kappa shape index (κ3) is 2.48. The van der Waals surface area contributed by atoms with Gasteiger partial charge >= 0.3 is 0 Å². The maximum absolute atomic E-state index is 12.2. The van der Waals surface area contributed by atoms with E-state index in [1.807, 2.05) is 6.92 Å². The molecule has 1 fully saturated rings. The SMILES string of the molecule is CCC1(C(=O)N(C)CCC#N)CCCN1. The Hall–Kier alpha value is -1.08.